The Labute approximate surface area is 248 Å². The van der Waals surface area contributed by atoms with Crippen LogP contribution < -0.4 is 10.1 Å². The Hall–Kier alpha value is -3.36. The molecule has 1 fully saturated rings. The van der Waals surface area contributed by atoms with Gasteiger partial charge in [-0.1, -0.05) is 43.7 Å². The van der Waals surface area contributed by atoms with E-state index in [-0.39, 0.29) is 24.5 Å². The molecule has 1 atom stereocenters. The van der Waals surface area contributed by atoms with Crippen LogP contribution in [-0.2, 0) is 11.2 Å². The number of likely N-dealkylation sites (tertiary alicyclic amines) is 1. The molecular weight excluding hydrogens is 532 g/mol. The molecule has 3 amide bonds. The SMILES string of the molecule is Cc1ccc(NC(=O)N(CCN2CCCC2)CC(=O)N2CCc3sccc3[C@H]2COc2ccc(C(C)C)cc2)cc1. The fourth-order valence-electron chi connectivity index (χ4n) is 5.61. The highest BCUT2D eigenvalue weighted by atomic mass is 32.1. The molecule has 0 saturated carbocycles. The summed E-state index contributed by atoms with van der Waals surface area (Å²) < 4.78 is 6.25. The first-order valence-electron chi connectivity index (χ1n) is 14.8. The highest BCUT2D eigenvalue weighted by Gasteiger charge is 2.33. The molecule has 2 aliphatic heterocycles. The molecule has 0 spiro atoms. The zero-order valence-corrected chi connectivity index (χ0v) is 25.3. The molecule has 2 aliphatic rings. The summed E-state index contributed by atoms with van der Waals surface area (Å²) in [5.41, 5.74) is 4.28. The maximum Gasteiger partial charge on any atom is 0.322 e. The lowest BCUT2D eigenvalue weighted by atomic mass is 10.00. The van der Waals surface area contributed by atoms with Crippen LogP contribution in [0.5, 0.6) is 5.75 Å². The number of thiophene rings is 1. The van der Waals surface area contributed by atoms with E-state index in [9.17, 15) is 9.59 Å². The van der Waals surface area contributed by atoms with Crippen molar-refractivity contribution < 1.29 is 14.3 Å². The smallest absolute Gasteiger partial charge is 0.322 e. The van der Waals surface area contributed by atoms with Gasteiger partial charge in [-0.15, -0.1) is 11.3 Å². The van der Waals surface area contributed by atoms with E-state index in [2.05, 4.69) is 47.6 Å². The molecule has 0 aliphatic carbocycles. The van der Waals surface area contributed by atoms with Crippen molar-refractivity contribution in [2.24, 2.45) is 0 Å². The number of urea groups is 1. The fraction of sp³-hybridized carbons (Fsp3) is 0.455. The first kappa shape index (κ1) is 29.1. The maximum atomic E-state index is 13.9. The van der Waals surface area contributed by atoms with Gasteiger partial charge < -0.3 is 24.8 Å². The molecular formula is C33H42N4O3S. The van der Waals surface area contributed by atoms with Crippen LogP contribution in [0.1, 0.15) is 60.2 Å². The third-order valence-corrected chi connectivity index (χ3v) is 9.17. The van der Waals surface area contributed by atoms with E-state index in [4.69, 9.17) is 4.74 Å². The zero-order chi connectivity index (χ0) is 28.8. The lowest BCUT2D eigenvalue weighted by Gasteiger charge is -2.37. The maximum absolute atomic E-state index is 13.9. The van der Waals surface area contributed by atoms with Crippen LogP contribution in [-0.4, -0.2) is 72.5 Å². The molecule has 2 aromatic carbocycles. The van der Waals surface area contributed by atoms with Gasteiger partial charge in [-0.2, -0.15) is 0 Å². The van der Waals surface area contributed by atoms with Gasteiger partial charge in [-0.05, 0) is 92.0 Å². The minimum absolute atomic E-state index is 0.0323. The molecule has 3 aromatic rings. The first-order chi connectivity index (χ1) is 19.9. The van der Waals surface area contributed by atoms with E-state index in [1.165, 1.54) is 23.3 Å². The molecule has 1 saturated heterocycles. The van der Waals surface area contributed by atoms with Gasteiger partial charge in [0.1, 0.15) is 18.9 Å². The molecule has 0 radical (unpaired) electrons. The number of nitrogens with zero attached hydrogens (tertiary/aromatic N) is 3. The molecule has 5 rings (SSSR count). The van der Waals surface area contributed by atoms with Crippen molar-refractivity contribution in [2.75, 3.05) is 51.2 Å². The molecule has 0 bridgehead atoms. The topological polar surface area (TPSA) is 65.1 Å². The van der Waals surface area contributed by atoms with Crippen LogP contribution in [0.25, 0.3) is 0 Å². The van der Waals surface area contributed by atoms with Crippen LogP contribution in [0, 0.1) is 6.92 Å². The molecule has 41 heavy (non-hydrogen) atoms. The second kappa shape index (κ2) is 13.5. The summed E-state index contributed by atoms with van der Waals surface area (Å²) in [6.45, 7) is 10.8. The van der Waals surface area contributed by atoms with E-state index < -0.39 is 0 Å². The summed E-state index contributed by atoms with van der Waals surface area (Å²) in [4.78, 5) is 34.6. The van der Waals surface area contributed by atoms with Crippen LogP contribution in [0.3, 0.4) is 0 Å². The third-order valence-electron chi connectivity index (χ3n) is 8.17. The van der Waals surface area contributed by atoms with Crippen LogP contribution in [0.2, 0.25) is 0 Å². The summed E-state index contributed by atoms with van der Waals surface area (Å²) in [5, 5.41) is 5.11. The standard InChI is InChI=1S/C33H42N4O3S/c1-24(2)26-8-12-28(13-9-26)40-23-30-29-15-21-41-31(29)14-18-37(30)32(38)22-36(20-19-35-16-4-5-17-35)33(39)34-27-10-6-25(3)7-11-27/h6-13,15,21,24,30H,4-5,14,16-20,22-23H2,1-3H3,(H,34,39)/t30-/m1/s1. The number of fused-ring (bicyclic) bond motifs is 1. The summed E-state index contributed by atoms with van der Waals surface area (Å²) in [6.07, 6.45) is 3.20. The third kappa shape index (κ3) is 7.49. The number of amides is 3. The monoisotopic (exact) mass is 574 g/mol. The Morgan fingerprint density at radius 3 is 2.46 bits per heavy atom. The van der Waals surface area contributed by atoms with Crippen molar-refractivity contribution in [3.63, 3.8) is 0 Å². The Balaban J connectivity index is 1.29. The van der Waals surface area contributed by atoms with Crippen molar-refractivity contribution in [1.82, 2.24) is 14.7 Å². The van der Waals surface area contributed by atoms with Crippen molar-refractivity contribution in [2.45, 2.75) is 52.0 Å². The van der Waals surface area contributed by atoms with Gasteiger partial charge in [0.25, 0.3) is 0 Å². The normalized spacial score (nSPS) is 17.0. The molecule has 0 unspecified atom stereocenters. The number of anilines is 1. The lowest BCUT2D eigenvalue weighted by molar-refractivity contribution is -0.135. The van der Waals surface area contributed by atoms with Gasteiger partial charge >= 0.3 is 6.03 Å². The van der Waals surface area contributed by atoms with Gasteiger partial charge in [-0.3, -0.25) is 4.79 Å². The van der Waals surface area contributed by atoms with Crippen molar-refractivity contribution in [3.05, 3.63) is 81.5 Å². The average molecular weight is 575 g/mol. The molecule has 3 heterocycles. The van der Waals surface area contributed by atoms with Crippen LogP contribution >= 0.6 is 11.3 Å². The highest BCUT2D eigenvalue weighted by Crippen LogP contribution is 2.34. The van der Waals surface area contributed by atoms with Gasteiger partial charge in [0, 0.05) is 30.2 Å². The number of hydrogen-bond acceptors (Lipinski definition) is 5. The lowest BCUT2D eigenvalue weighted by Crippen LogP contribution is -2.50. The summed E-state index contributed by atoms with van der Waals surface area (Å²) in [7, 11) is 0. The van der Waals surface area contributed by atoms with E-state index >= 15 is 0 Å². The molecule has 1 aromatic heterocycles. The number of nitrogens with one attached hydrogen (secondary N) is 1. The second-order valence-corrected chi connectivity index (χ2v) is 12.5. The minimum Gasteiger partial charge on any atom is -0.491 e. The van der Waals surface area contributed by atoms with Gasteiger partial charge in [0.2, 0.25) is 5.91 Å². The Kier molecular flexibility index (Phi) is 9.62. The van der Waals surface area contributed by atoms with Gasteiger partial charge in [-0.25, -0.2) is 4.79 Å². The van der Waals surface area contributed by atoms with E-state index in [1.807, 2.05) is 48.2 Å². The zero-order valence-electron chi connectivity index (χ0n) is 24.5. The Morgan fingerprint density at radius 2 is 1.76 bits per heavy atom. The number of aryl methyl sites for hydroxylation is 1. The van der Waals surface area contributed by atoms with E-state index in [0.717, 1.165) is 48.6 Å². The predicted molar refractivity (Wildman–Crippen MR) is 166 cm³/mol. The molecule has 218 valence electrons. The van der Waals surface area contributed by atoms with Gasteiger partial charge in [0.15, 0.2) is 0 Å². The Morgan fingerprint density at radius 1 is 1.02 bits per heavy atom. The van der Waals surface area contributed by atoms with Crippen LogP contribution in [0.4, 0.5) is 10.5 Å². The largest absolute Gasteiger partial charge is 0.491 e. The number of carbonyl (C=O) groups is 2. The number of benzene rings is 2. The number of ether oxygens (including phenoxy) is 1. The van der Waals surface area contributed by atoms with Crippen LogP contribution in [0.15, 0.2) is 60.0 Å². The van der Waals surface area contributed by atoms with Crippen molar-refractivity contribution in [3.8, 4) is 5.75 Å². The molecule has 1 N–H and O–H groups in total. The summed E-state index contributed by atoms with van der Waals surface area (Å²) in [6, 6.07) is 17.7. The Bertz CT molecular complexity index is 1300. The van der Waals surface area contributed by atoms with Crippen molar-refractivity contribution >= 4 is 29.0 Å². The predicted octanol–water partition coefficient (Wildman–Crippen LogP) is 6.31. The number of hydrogen-bond donors (Lipinski definition) is 1. The second-order valence-electron chi connectivity index (χ2n) is 11.5. The minimum atomic E-state index is -0.243. The number of rotatable bonds is 10. The quantitative estimate of drug-likeness (QED) is 0.308. The van der Waals surface area contributed by atoms with E-state index in [0.29, 0.717) is 25.6 Å². The first-order valence-corrected chi connectivity index (χ1v) is 15.7. The fourth-order valence-corrected chi connectivity index (χ4v) is 6.54. The highest BCUT2D eigenvalue weighted by molar-refractivity contribution is 7.10. The van der Waals surface area contributed by atoms with Gasteiger partial charge in [0.05, 0.1) is 6.04 Å². The van der Waals surface area contributed by atoms with Crippen molar-refractivity contribution in [1.29, 1.82) is 0 Å². The average Bonchev–Trinajstić information content (AvgIpc) is 3.67. The molecule has 8 heteroatoms. The summed E-state index contributed by atoms with van der Waals surface area (Å²) in [5.74, 6) is 1.21. The van der Waals surface area contributed by atoms with E-state index in [1.54, 1.807) is 16.2 Å². The number of carbonyl (C=O) groups excluding carboxylic acids is 2. The summed E-state index contributed by atoms with van der Waals surface area (Å²) >= 11 is 1.74. The molecule has 7 nitrogen and oxygen atoms in total.